The highest BCUT2D eigenvalue weighted by Crippen LogP contribution is 2.32. The zero-order valence-corrected chi connectivity index (χ0v) is 18.7. The molecule has 4 aromatic rings. The third kappa shape index (κ3) is 5.54. The second kappa shape index (κ2) is 11.0. The number of rotatable bonds is 6. The summed E-state index contributed by atoms with van der Waals surface area (Å²) in [6.07, 6.45) is 12.1. The summed E-state index contributed by atoms with van der Waals surface area (Å²) in [6.45, 7) is 8.74. The topological polar surface area (TPSA) is 47.9 Å². The predicted molar refractivity (Wildman–Crippen MR) is 129 cm³/mol. The molecule has 4 heteroatoms. The fraction of sp³-hybridized carbons (Fsp3) is 0.222. The van der Waals surface area contributed by atoms with Crippen molar-refractivity contribution in [2.24, 2.45) is 0 Å². The molecule has 158 valence electrons. The third-order valence-corrected chi connectivity index (χ3v) is 4.86. The number of hydrogen-bond acceptors (Lipinski definition) is 4. The normalized spacial score (nSPS) is 10.7. The quantitative estimate of drug-likeness (QED) is 0.355. The highest BCUT2D eigenvalue weighted by molar-refractivity contribution is 5.93. The molecule has 0 amide bonds. The Morgan fingerprint density at radius 3 is 2.55 bits per heavy atom. The number of benzene rings is 2. The molecule has 2 aromatic heterocycles. The van der Waals surface area contributed by atoms with Crippen molar-refractivity contribution in [2.75, 3.05) is 6.61 Å². The number of nitrogens with zero attached hydrogens (tertiary/aromatic N) is 3. The van der Waals surface area contributed by atoms with E-state index >= 15 is 0 Å². The third-order valence-electron chi connectivity index (χ3n) is 4.86. The molecule has 4 nitrogen and oxygen atoms in total. The van der Waals surface area contributed by atoms with Crippen molar-refractivity contribution < 1.29 is 4.74 Å². The van der Waals surface area contributed by atoms with Gasteiger partial charge in [0.25, 0.3) is 0 Å². The van der Waals surface area contributed by atoms with Crippen LogP contribution < -0.4 is 4.74 Å². The molecule has 4 rings (SSSR count). The molecule has 0 bridgehead atoms. The highest BCUT2D eigenvalue weighted by atomic mass is 16.5. The molecule has 0 spiro atoms. The molecule has 2 aromatic carbocycles. The summed E-state index contributed by atoms with van der Waals surface area (Å²) in [4.78, 5) is 13.2. The van der Waals surface area contributed by atoms with Gasteiger partial charge in [0.1, 0.15) is 5.75 Å². The predicted octanol–water partition coefficient (Wildman–Crippen LogP) is 6.68. The van der Waals surface area contributed by atoms with Gasteiger partial charge in [-0.25, -0.2) is 0 Å². The summed E-state index contributed by atoms with van der Waals surface area (Å²) in [5.41, 5.74) is 7.45. The maximum absolute atomic E-state index is 6.07. The first kappa shape index (κ1) is 22.2. The van der Waals surface area contributed by atoms with Gasteiger partial charge in [0.2, 0.25) is 0 Å². The van der Waals surface area contributed by atoms with E-state index in [4.69, 9.17) is 4.74 Å². The molecule has 0 fully saturated rings. The average Bonchev–Trinajstić information content (AvgIpc) is 2.82. The maximum Gasteiger partial charge on any atom is 0.122 e. The lowest BCUT2D eigenvalue weighted by atomic mass is 9.98. The van der Waals surface area contributed by atoms with E-state index < -0.39 is 0 Å². The van der Waals surface area contributed by atoms with Gasteiger partial charge in [0.05, 0.1) is 17.6 Å². The Kier molecular flexibility index (Phi) is 7.88. The lowest BCUT2D eigenvalue weighted by Crippen LogP contribution is -2.02. The van der Waals surface area contributed by atoms with Crippen LogP contribution in [0.1, 0.15) is 37.5 Å². The van der Waals surface area contributed by atoms with E-state index in [9.17, 15) is 0 Å². The average molecular weight is 412 g/mol. The second-order valence-corrected chi connectivity index (χ2v) is 6.93. The number of aromatic nitrogens is 3. The van der Waals surface area contributed by atoms with Crippen LogP contribution in [-0.4, -0.2) is 21.6 Å². The van der Waals surface area contributed by atoms with E-state index in [1.54, 1.807) is 18.6 Å². The number of ether oxygens (including phenoxy) is 1. The minimum Gasteiger partial charge on any atom is -0.493 e. The van der Waals surface area contributed by atoms with E-state index in [0.29, 0.717) is 6.61 Å². The Bertz CT molecular complexity index is 1150. The van der Waals surface area contributed by atoms with Crippen LogP contribution in [0.25, 0.3) is 28.2 Å². The van der Waals surface area contributed by atoms with Gasteiger partial charge in [0, 0.05) is 42.8 Å². The first-order chi connectivity index (χ1) is 15.2. The van der Waals surface area contributed by atoms with Crippen molar-refractivity contribution in [3.63, 3.8) is 0 Å². The molecular weight excluding hydrogens is 382 g/mol. The minimum absolute atomic E-state index is 0.580. The van der Waals surface area contributed by atoms with Crippen LogP contribution in [0, 0.1) is 6.92 Å². The first-order valence-corrected chi connectivity index (χ1v) is 10.7. The molecule has 0 atom stereocenters. The van der Waals surface area contributed by atoms with Gasteiger partial charge in [-0.15, -0.1) is 0 Å². The van der Waals surface area contributed by atoms with Crippen molar-refractivity contribution >= 4 is 17.1 Å². The standard InChI is InChI=1S/C25H23N3O.C2H6/c1-3-5-20-7-8-21(14-18(20)2)23-15-22(16-24-25(23)28-12-11-27-24)29-13-9-19-6-4-10-26-17-19;1-2/h3-8,10-12,14-17H,9,13H2,1-2H3;1-2H3/b5-3-;. The Morgan fingerprint density at radius 1 is 0.968 bits per heavy atom. The Labute approximate surface area is 184 Å². The molecule has 0 saturated heterocycles. The zero-order chi connectivity index (χ0) is 22.1. The zero-order valence-electron chi connectivity index (χ0n) is 18.7. The van der Waals surface area contributed by atoms with Crippen LogP contribution in [0.15, 0.2) is 73.3 Å². The molecular formula is C27H29N3O. The van der Waals surface area contributed by atoms with Crippen LogP contribution in [0.4, 0.5) is 0 Å². The van der Waals surface area contributed by atoms with Crippen LogP contribution in [0.2, 0.25) is 0 Å². The first-order valence-electron chi connectivity index (χ1n) is 10.7. The number of fused-ring (bicyclic) bond motifs is 1. The van der Waals surface area contributed by atoms with Gasteiger partial charge in [0.15, 0.2) is 0 Å². The van der Waals surface area contributed by atoms with Crippen molar-refractivity contribution in [1.29, 1.82) is 0 Å². The molecule has 0 saturated carbocycles. The molecule has 0 N–H and O–H groups in total. The number of hydrogen-bond donors (Lipinski definition) is 0. The van der Waals surface area contributed by atoms with Gasteiger partial charge in [-0.1, -0.05) is 50.3 Å². The number of pyridine rings is 1. The van der Waals surface area contributed by atoms with Crippen LogP contribution in [0.5, 0.6) is 5.75 Å². The fourth-order valence-electron chi connectivity index (χ4n) is 3.39. The van der Waals surface area contributed by atoms with Gasteiger partial charge < -0.3 is 4.74 Å². The second-order valence-electron chi connectivity index (χ2n) is 6.93. The van der Waals surface area contributed by atoms with Gasteiger partial charge in [-0.05, 0) is 48.2 Å². The largest absolute Gasteiger partial charge is 0.493 e. The Hall–Kier alpha value is -3.53. The Morgan fingerprint density at radius 2 is 1.81 bits per heavy atom. The molecule has 31 heavy (non-hydrogen) atoms. The van der Waals surface area contributed by atoms with Crippen LogP contribution >= 0.6 is 0 Å². The molecule has 2 heterocycles. The van der Waals surface area contributed by atoms with Gasteiger partial charge in [-0.3, -0.25) is 15.0 Å². The van der Waals surface area contributed by atoms with E-state index in [1.165, 1.54) is 11.1 Å². The summed E-state index contributed by atoms with van der Waals surface area (Å²) in [5.74, 6) is 0.798. The number of aryl methyl sites for hydroxylation is 1. The van der Waals surface area contributed by atoms with Gasteiger partial charge in [-0.2, -0.15) is 0 Å². The Balaban J connectivity index is 0.00000132. The molecule has 0 radical (unpaired) electrons. The molecule has 0 aliphatic heterocycles. The minimum atomic E-state index is 0.580. The van der Waals surface area contributed by atoms with E-state index in [2.05, 4.69) is 64.4 Å². The smallest absolute Gasteiger partial charge is 0.122 e. The maximum atomic E-state index is 6.07. The van der Waals surface area contributed by atoms with Crippen molar-refractivity contribution in [2.45, 2.75) is 34.1 Å². The molecule has 0 aliphatic carbocycles. The summed E-state index contributed by atoms with van der Waals surface area (Å²) in [7, 11) is 0. The van der Waals surface area contributed by atoms with Crippen molar-refractivity contribution in [3.8, 4) is 16.9 Å². The fourth-order valence-corrected chi connectivity index (χ4v) is 3.39. The van der Waals surface area contributed by atoms with Crippen molar-refractivity contribution in [3.05, 3.63) is 90.0 Å². The summed E-state index contributed by atoms with van der Waals surface area (Å²) in [6, 6.07) is 14.5. The lowest BCUT2D eigenvalue weighted by molar-refractivity contribution is 0.322. The molecule has 0 unspecified atom stereocenters. The van der Waals surface area contributed by atoms with Crippen LogP contribution in [0.3, 0.4) is 0 Å². The van der Waals surface area contributed by atoms with E-state index in [0.717, 1.165) is 39.9 Å². The lowest BCUT2D eigenvalue weighted by Gasteiger charge is -2.12. The summed E-state index contributed by atoms with van der Waals surface area (Å²) in [5, 5.41) is 0. The van der Waals surface area contributed by atoms with Gasteiger partial charge >= 0.3 is 0 Å². The van der Waals surface area contributed by atoms with Crippen molar-refractivity contribution in [1.82, 2.24) is 15.0 Å². The van der Waals surface area contributed by atoms with Crippen LogP contribution in [-0.2, 0) is 6.42 Å². The monoisotopic (exact) mass is 411 g/mol. The summed E-state index contributed by atoms with van der Waals surface area (Å²) < 4.78 is 6.07. The summed E-state index contributed by atoms with van der Waals surface area (Å²) >= 11 is 0. The van der Waals surface area contributed by atoms with E-state index in [1.807, 2.05) is 39.1 Å². The van der Waals surface area contributed by atoms with E-state index in [-0.39, 0.29) is 0 Å². The highest BCUT2D eigenvalue weighted by Gasteiger charge is 2.11. The number of allylic oxidation sites excluding steroid dienone is 1. The molecule has 0 aliphatic rings. The SMILES string of the molecule is C/C=C\c1ccc(-c2cc(OCCc3cccnc3)cc3nccnc23)cc1C.CC.